The van der Waals surface area contributed by atoms with Crippen molar-refractivity contribution in [1.82, 2.24) is 0 Å². The number of aromatic carboxylic acids is 1. The number of anilines is 1. The van der Waals surface area contributed by atoms with Gasteiger partial charge in [0.15, 0.2) is 0 Å². The minimum absolute atomic E-state index is 0.293. The third-order valence-electron chi connectivity index (χ3n) is 3.05. The molecule has 3 nitrogen and oxygen atoms in total. The average molecular weight is 316 g/mol. The van der Waals surface area contributed by atoms with Crippen LogP contribution in [0.15, 0.2) is 22.7 Å². The van der Waals surface area contributed by atoms with Crippen molar-refractivity contribution in [3.63, 3.8) is 0 Å². The van der Waals surface area contributed by atoms with Gasteiger partial charge in [-0.3, -0.25) is 0 Å². The van der Waals surface area contributed by atoms with Crippen molar-refractivity contribution in [2.45, 2.75) is 17.6 Å². The lowest BCUT2D eigenvalue weighted by Gasteiger charge is -2.14. The Bertz CT molecular complexity index is 446. The van der Waals surface area contributed by atoms with Gasteiger partial charge in [-0.2, -0.15) is 11.8 Å². The van der Waals surface area contributed by atoms with Crippen LogP contribution in [-0.2, 0) is 0 Å². The van der Waals surface area contributed by atoms with E-state index in [1.165, 1.54) is 12.8 Å². The molecule has 17 heavy (non-hydrogen) atoms. The van der Waals surface area contributed by atoms with E-state index < -0.39 is 5.97 Å². The number of hydrogen-bond acceptors (Lipinski definition) is 3. The standard InChI is InChI=1S/C12H14BrNO2S/c1-17-12(4-5-12)7-14-8-2-3-9(11(15)16)10(13)6-8/h2-3,6,14H,4-5,7H2,1H3,(H,15,16). The van der Waals surface area contributed by atoms with Gasteiger partial charge in [-0.25, -0.2) is 4.79 Å². The number of rotatable bonds is 5. The zero-order chi connectivity index (χ0) is 12.5. The summed E-state index contributed by atoms with van der Waals surface area (Å²) in [5.74, 6) is -0.911. The van der Waals surface area contributed by atoms with E-state index in [2.05, 4.69) is 27.5 Å². The van der Waals surface area contributed by atoms with Gasteiger partial charge in [0.05, 0.1) is 5.56 Å². The number of hydrogen-bond donors (Lipinski definition) is 2. The normalized spacial score (nSPS) is 16.6. The molecule has 5 heteroatoms. The van der Waals surface area contributed by atoms with Crippen molar-refractivity contribution in [3.05, 3.63) is 28.2 Å². The lowest BCUT2D eigenvalue weighted by Crippen LogP contribution is -2.17. The summed E-state index contributed by atoms with van der Waals surface area (Å²) in [7, 11) is 0. The highest BCUT2D eigenvalue weighted by Gasteiger charge is 2.41. The van der Waals surface area contributed by atoms with E-state index in [9.17, 15) is 4.79 Å². The van der Waals surface area contributed by atoms with Crippen molar-refractivity contribution in [2.24, 2.45) is 0 Å². The predicted molar refractivity (Wildman–Crippen MR) is 75.1 cm³/mol. The van der Waals surface area contributed by atoms with E-state index in [1.54, 1.807) is 6.07 Å². The van der Waals surface area contributed by atoms with E-state index in [-0.39, 0.29) is 0 Å². The van der Waals surface area contributed by atoms with Crippen molar-refractivity contribution in [1.29, 1.82) is 0 Å². The summed E-state index contributed by atoms with van der Waals surface area (Å²) in [4.78, 5) is 10.9. The fourth-order valence-electron chi connectivity index (χ4n) is 1.65. The Morgan fingerprint density at radius 1 is 1.59 bits per heavy atom. The van der Waals surface area contributed by atoms with Crippen molar-refractivity contribution < 1.29 is 9.90 Å². The van der Waals surface area contributed by atoms with Crippen LogP contribution >= 0.6 is 27.7 Å². The van der Waals surface area contributed by atoms with E-state index >= 15 is 0 Å². The first-order valence-electron chi connectivity index (χ1n) is 5.38. The lowest BCUT2D eigenvalue weighted by molar-refractivity contribution is 0.0696. The molecule has 2 rings (SSSR count). The summed E-state index contributed by atoms with van der Waals surface area (Å²) in [5.41, 5.74) is 1.25. The molecule has 1 aromatic rings. The van der Waals surface area contributed by atoms with Gasteiger partial charge in [-0.1, -0.05) is 0 Å². The molecule has 1 fully saturated rings. The molecule has 0 saturated heterocycles. The monoisotopic (exact) mass is 315 g/mol. The van der Waals surface area contributed by atoms with Crippen LogP contribution < -0.4 is 5.32 Å². The zero-order valence-electron chi connectivity index (χ0n) is 9.50. The average Bonchev–Trinajstić information content (AvgIpc) is 3.07. The third-order valence-corrected chi connectivity index (χ3v) is 5.13. The summed E-state index contributed by atoms with van der Waals surface area (Å²) in [5, 5.41) is 12.3. The second-order valence-electron chi connectivity index (χ2n) is 4.24. The summed E-state index contributed by atoms with van der Waals surface area (Å²) >= 11 is 5.18. The number of halogens is 1. The molecule has 92 valence electrons. The first-order valence-corrected chi connectivity index (χ1v) is 7.40. The molecule has 0 aliphatic heterocycles. The van der Waals surface area contributed by atoms with E-state index in [0.717, 1.165) is 12.2 Å². The maximum absolute atomic E-state index is 10.9. The Hall–Kier alpha value is -0.680. The molecule has 0 unspecified atom stereocenters. The van der Waals surface area contributed by atoms with Gasteiger partial charge in [0.2, 0.25) is 0 Å². The topological polar surface area (TPSA) is 49.3 Å². The number of carbonyl (C=O) groups is 1. The van der Waals surface area contributed by atoms with Crippen LogP contribution in [0.25, 0.3) is 0 Å². The molecule has 1 saturated carbocycles. The Balaban J connectivity index is 2.03. The SMILES string of the molecule is CSC1(CNc2ccc(C(=O)O)c(Br)c2)CC1. The molecule has 0 aromatic heterocycles. The van der Waals surface area contributed by atoms with E-state index in [4.69, 9.17) is 5.11 Å². The Labute approximate surface area is 113 Å². The van der Waals surface area contributed by atoms with Crippen LogP contribution in [0.1, 0.15) is 23.2 Å². The van der Waals surface area contributed by atoms with Crippen LogP contribution in [0.4, 0.5) is 5.69 Å². The summed E-state index contributed by atoms with van der Waals surface area (Å²) in [6.45, 7) is 0.938. The number of thioether (sulfide) groups is 1. The quantitative estimate of drug-likeness (QED) is 0.873. The Morgan fingerprint density at radius 3 is 2.76 bits per heavy atom. The highest BCUT2D eigenvalue weighted by Crippen LogP contribution is 2.47. The summed E-state index contributed by atoms with van der Waals surface area (Å²) in [6, 6.07) is 5.25. The van der Waals surface area contributed by atoms with Gasteiger partial charge in [0, 0.05) is 21.5 Å². The molecule has 1 aromatic carbocycles. The number of nitrogens with one attached hydrogen (secondary N) is 1. The maximum atomic E-state index is 10.9. The molecule has 0 atom stereocenters. The van der Waals surface area contributed by atoms with Gasteiger partial charge in [-0.15, -0.1) is 0 Å². The van der Waals surface area contributed by atoms with E-state index in [1.807, 2.05) is 23.9 Å². The van der Waals surface area contributed by atoms with Crippen LogP contribution in [0.3, 0.4) is 0 Å². The van der Waals surface area contributed by atoms with Gasteiger partial charge in [-0.05, 0) is 53.2 Å². The molecule has 1 aliphatic carbocycles. The first kappa shape index (κ1) is 12.8. The molecule has 0 heterocycles. The lowest BCUT2D eigenvalue weighted by atomic mass is 10.2. The Kier molecular flexibility index (Phi) is 3.68. The third kappa shape index (κ3) is 2.96. The minimum atomic E-state index is -0.911. The molecule has 2 N–H and O–H groups in total. The van der Waals surface area contributed by atoms with Crippen molar-refractivity contribution in [3.8, 4) is 0 Å². The summed E-state index contributed by atoms with van der Waals surface area (Å²) in [6.07, 6.45) is 4.66. The molecule has 1 aliphatic rings. The van der Waals surface area contributed by atoms with Gasteiger partial charge in [0.1, 0.15) is 0 Å². The van der Waals surface area contributed by atoms with Crippen LogP contribution in [0.5, 0.6) is 0 Å². The molecular weight excluding hydrogens is 302 g/mol. The highest BCUT2D eigenvalue weighted by atomic mass is 79.9. The maximum Gasteiger partial charge on any atom is 0.336 e. The predicted octanol–water partition coefficient (Wildman–Crippen LogP) is 3.45. The van der Waals surface area contributed by atoms with E-state index in [0.29, 0.717) is 14.8 Å². The fourth-order valence-corrected chi connectivity index (χ4v) is 2.93. The highest BCUT2D eigenvalue weighted by molar-refractivity contribution is 9.10. The second-order valence-corrected chi connectivity index (χ2v) is 6.37. The van der Waals surface area contributed by atoms with Crippen LogP contribution in [0, 0.1) is 0 Å². The number of carboxylic acids is 1. The smallest absolute Gasteiger partial charge is 0.336 e. The first-order chi connectivity index (χ1) is 8.06. The minimum Gasteiger partial charge on any atom is -0.478 e. The largest absolute Gasteiger partial charge is 0.478 e. The number of benzene rings is 1. The van der Waals surface area contributed by atoms with Gasteiger partial charge in [0.25, 0.3) is 0 Å². The fraction of sp³-hybridized carbons (Fsp3) is 0.417. The van der Waals surface area contributed by atoms with Gasteiger partial charge >= 0.3 is 5.97 Å². The van der Waals surface area contributed by atoms with Crippen LogP contribution in [-0.4, -0.2) is 28.6 Å². The molecular formula is C12H14BrNO2S. The second kappa shape index (κ2) is 4.90. The molecule has 0 radical (unpaired) electrons. The van der Waals surface area contributed by atoms with Crippen molar-refractivity contribution >= 4 is 39.3 Å². The molecule has 0 spiro atoms. The summed E-state index contributed by atoms with van der Waals surface area (Å²) < 4.78 is 1.02. The van der Waals surface area contributed by atoms with Crippen LogP contribution in [0.2, 0.25) is 0 Å². The number of carboxylic acid groups (broad SMARTS) is 1. The van der Waals surface area contributed by atoms with Gasteiger partial charge < -0.3 is 10.4 Å². The molecule has 0 amide bonds. The zero-order valence-corrected chi connectivity index (χ0v) is 11.9. The molecule has 0 bridgehead atoms. The van der Waals surface area contributed by atoms with Crippen molar-refractivity contribution in [2.75, 3.05) is 18.1 Å². The Morgan fingerprint density at radius 2 is 2.29 bits per heavy atom.